The van der Waals surface area contributed by atoms with Gasteiger partial charge in [-0.3, -0.25) is 5.32 Å². The molecule has 2 heterocycles. The average Bonchev–Trinajstić information content (AvgIpc) is 3.23. The van der Waals surface area contributed by atoms with Crippen LogP contribution in [0.5, 0.6) is 17.2 Å². The predicted molar refractivity (Wildman–Crippen MR) is 117 cm³/mol. The van der Waals surface area contributed by atoms with Crippen molar-refractivity contribution in [3.05, 3.63) is 93.5 Å². The van der Waals surface area contributed by atoms with Crippen molar-refractivity contribution in [3.8, 4) is 17.2 Å². The number of aromatic hydroxyl groups is 1. The van der Waals surface area contributed by atoms with Crippen molar-refractivity contribution >= 4 is 28.9 Å². The van der Waals surface area contributed by atoms with E-state index in [0.717, 1.165) is 22.6 Å². The predicted octanol–water partition coefficient (Wildman–Crippen LogP) is 5.40. The third kappa shape index (κ3) is 3.67. The Bertz CT molecular complexity index is 1150. The van der Waals surface area contributed by atoms with E-state index in [9.17, 15) is 5.11 Å². The Labute approximate surface area is 183 Å². The highest BCUT2D eigenvalue weighted by Gasteiger charge is 2.27. The summed E-state index contributed by atoms with van der Waals surface area (Å²) >= 11 is 12.4. The molecule has 30 heavy (non-hydrogen) atoms. The minimum absolute atomic E-state index is 0.171. The Kier molecular flexibility index (Phi) is 4.95. The molecule has 2 aliphatic rings. The molecule has 3 aromatic rings. The summed E-state index contributed by atoms with van der Waals surface area (Å²) < 4.78 is 11.0. The quantitative estimate of drug-likeness (QED) is 0.508. The number of halogens is 2. The summed E-state index contributed by atoms with van der Waals surface area (Å²) in [5.74, 6) is 1.60. The Morgan fingerprint density at radius 1 is 0.900 bits per heavy atom. The molecule has 0 spiro atoms. The number of nitrogens with one attached hydrogen (secondary N) is 2. The fourth-order valence-electron chi connectivity index (χ4n) is 3.70. The number of ether oxygens (including phenoxy) is 2. The van der Waals surface area contributed by atoms with Gasteiger partial charge in [-0.2, -0.15) is 0 Å². The average molecular weight is 441 g/mol. The second-order valence-corrected chi connectivity index (χ2v) is 8.00. The van der Waals surface area contributed by atoms with Crippen molar-refractivity contribution in [2.24, 2.45) is 0 Å². The first-order chi connectivity index (χ1) is 14.6. The van der Waals surface area contributed by atoms with Crippen LogP contribution in [0.2, 0.25) is 10.0 Å². The van der Waals surface area contributed by atoms with E-state index < -0.39 is 0 Å². The van der Waals surface area contributed by atoms with Gasteiger partial charge >= 0.3 is 0 Å². The van der Waals surface area contributed by atoms with Gasteiger partial charge in [0.05, 0.1) is 6.04 Å². The minimum atomic E-state index is -0.283. The van der Waals surface area contributed by atoms with Crippen LogP contribution >= 0.6 is 23.2 Å². The molecule has 5 rings (SSSR count). The number of hydrogen-bond acceptors (Lipinski definition) is 5. The number of hydrogen-bond donors (Lipinski definition) is 3. The Morgan fingerprint density at radius 3 is 2.60 bits per heavy atom. The van der Waals surface area contributed by atoms with Crippen LogP contribution in [-0.4, -0.2) is 11.9 Å². The van der Waals surface area contributed by atoms with Gasteiger partial charge < -0.3 is 19.9 Å². The van der Waals surface area contributed by atoms with Crippen LogP contribution in [0.15, 0.2) is 66.7 Å². The van der Waals surface area contributed by atoms with Crippen molar-refractivity contribution in [3.63, 3.8) is 0 Å². The van der Waals surface area contributed by atoms with Gasteiger partial charge in [-0.05, 0) is 60.2 Å². The molecule has 0 bridgehead atoms. The first-order valence-corrected chi connectivity index (χ1v) is 10.2. The summed E-state index contributed by atoms with van der Waals surface area (Å²) in [6.45, 7) is 0.219. The fraction of sp³-hybridized carbons (Fsp3) is 0.130. The van der Waals surface area contributed by atoms with E-state index in [4.69, 9.17) is 32.7 Å². The van der Waals surface area contributed by atoms with Crippen molar-refractivity contribution in [1.82, 2.24) is 10.6 Å². The van der Waals surface area contributed by atoms with Gasteiger partial charge in [-0.25, -0.2) is 0 Å². The fourth-order valence-corrected chi connectivity index (χ4v) is 4.08. The van der Waals surface area contributed by atoms with Crippen molar-refractivity contribution in [2.45, 2.75) is 12.2 Å². The third-order valence-corrected chi connectivity index (χ3v) is 5.64. The summed E-state index contributed by atoms with van der Waals surface area (Å²) in [5.41, 5.74) is 3.50. The second-order valence-electron chi connectivity index (χ2n) is 7.13. The first kappa shape index (κ1) is 19.1. The summed E-state index contributed by atoms with van der Waals surface area (Å²) in [6, 6.07) is 18.2. The summed E-state index contributed by atoms with van der Waals surface area (Å²) in [6.07, 6.45) is 1.78. The van der Waals surface area contributed by atoms with Crippen LogP contribution in [0, 0.1) is 0 Å². The molecule has 3 aromatic carbocycles. The van der Waals surface area contributed by atoms with Crippen molar-refractivity contribution < 1.29 is 14.6 Å². The largest absolute Gasteiger partial charge is 0.508 e. The topological polar surface area (TPSA) is 62.8 Å². The van der Waals surface area contributed by atoms with E-state index in [1.165, 1.54) is 0 Å². The Hall–Kier alpha value is -2.86. The number of fused-ring (bicyclic) bond motifs is 1. The summed E-state index contributed by atoms with van der Waals surface area (Å²) in [7, 11) is 0. The lowest BCUT2D eigenvalue weighted by Gasteiger charge is -2.33. The molecule has 152 valence electrons. The highest BCUT2D eigenvalue weighted by molar-refractivity contribution is 6.31. The van der Waals surface area contributed by atoms with E-state index in [0.29, 0.717) is 21.4 Å². The maximum absolute atomic E-state index is 10.5. The molecule has 0 aromatic heterocycles. The molecule has 2 unspecified atom stereocenters. The van der Waals surface area contributed by atoms with Crippen LogP contribution in [0.4, 0.5) is 0 Å². The summed E-state index contributed by atoms with van der Waals surface area (Å²) in [4.78, 5) is 0. The van der Waals surface area contributed by atoms with E-state index in [1.807, 2.05) is 48.5 Å². The molecule has 2 atom stereocenters. The molecule has 5 nitrogen and oxygen atoms in total. The molecule has 0 fully saturated rings. The number of rotatable bonds is 3. The SMILES string of the molecule is Oc1ccc(Cl)cc1C1C=C(c2ccc3c(c2)OCO3)NC(c2cccc(Cl)c2)N1. The molecule has 2 aliphatic heterocycles. The lowest BCUT2D eigenvalue weighted by Crippen LogP contribution is -2.39. The van der Waals surface area contributed by atoms with Crippen molar-refractivity contribution in [2.75, 3.05) is 6.79 Å². The zero-order valence-electron chi connectivity index (χ0n) is 15.7. The second kappa shape index (κ2) is 7.76. The van der Waals surface area contributed by atoms with Gasteiger partial charge in [0.15, 0.2) is 11.5 Å². The maximum Gasteiger partial charge on any atom is 0.231 e. The lowest BCUT2D eigenvalue weighted by atomic mass is 9.97. The van der Waals surface area contributed by atoms with E-state index in [-0.39, 0.29) is 24.8 Å². The number of phenolic OH excluding ortho intramolecular Hbond substituents is 1. The molecule has 7 heteroatoms. The third-order valence-electron chi connectivity index (χ3n) is 5.17. The Morgan fingerprint density at radius 2 is 1.73 bits per heavy atom. The molecule has 3 N–H and O–H groups in total. The monoisotopic (exact) mass is 440 g/mol. The molecule has 0 radical (unpaired) electrons. The molecule has 0 aliphatic carbocycles. The van der Waals surface area contributed by atoms with Gasteiger partial charge in [0.2, 0.25) is 6.79 Å². The van der Waals surface area contributed by atoms with Gasteiger partial charge in [0.25, 0.3) is 0 Å². The smallest absolute Gasteiger partial charge is 0.231 e. The van der Waals surface area contributed by atoms with E-state index in [2.05, 4.69) is 10.6 Å². The molecular formula is C23H18Cl2N2O3. The zero-order valence-corrected chi connectivity index (χ0v) is 17.2. The van der Waals surface area contributed by atoms with Crippen LogP contribution in [0.1, 0.15) is 28.9 Å². The van der Waals surface area contributed by atoms with Gasteiger partial charge in [-0.15, -0.1) is 0 Å². The summed E-state index contributed by atoms with van der Waals surface area (Å²) in [5, 5.41) is 18.7. The molecule has 0 amide bonds. The van der Waals surface area contributed by atoms with Crippen molar-refractivity contribution in [1.29, 1.82) is 0 Å². The molecule has 0 saturated heterocycles. The standard InChI is InChI=1S/C23H18Cl2N2O3/c24-15-3-1-2-14(8-15)23-26-18(13-4-7-21-22(9-13)30-12-29-21)11-19(27-23)17-10-16(25)5-6-20(17)28/h1-11,19,23,26-28H,12H2. The number of phenols is 1. The van der Waals surface area contributed by atoms with Crippen LogP contribution in [0.3, 0.4) is 0 Å². The van der Waals surface area contributed by atoms with Gasteiger partial charge in [0.1, 0.15) is 11.9 Å². The molecular weight excluding hydrogens is 423 g/mol. The van der Waals surface area contributed by atoms with Gasteiger partial charge in [-0.1, -0.05) is 35.3 Å². The Balaban J connectivity index is 1.58. The molecule has 0 saturated carbocycles. The minimum Gasteiger partial charge on any atom is -0.508 e. The highest BCUT2D eigenvalue weighted by Crippen LogP contribution is 2.38. The van der Waals surface area contributed by atoms with Gasteiger partial charge in [0, 0.05) is 26.9 Å². The van der Waals surface area contributed by atoms with E-state index >= 15 is 0 Å². The highest BCUT2D eigenvalue weighted by atomic mass is 35.5. The maximum atomic E-state index is 10.5. The normalized spacial score (nSPS) is 19.9. The van der Waals surface area contributed by atoms with E-state index in [1.54, 1.807) is 18.2 Å². The first-order valence-electron chi connectivity index (χ1n) is 9.45. The van der Waals surface area contributed by atoms with Crippen LogP contribution in [-0.2, 0) is 0 Å². The number of benzene rings is 3. The van der Waals surface area contributed by atoms with Crippen LogP contribution in [0.25, 0.3) is 5.70 Å². The zero-order chi connectivity index (χ0) is 20.7. The van der Waals surface area contributed by atoms with Crippen LogP contribution < -0.4 is 20.1 Å². The lowest BCUT2D eigenvalue weighted by molar-refractivity contribution is 0.174.